The average molecular weight is 1090 g/mol. The van der Waals surface area contributed by atoms with E-state index >= 15 is 0 Å². The Hall–Kier alpha value is -8.74. The topological polar surface area (TPSA) is 391 Å². The number of hydrogen-bond acceptors (Lipinski definition) is 14. The monoisotopic (exact) mass is 1090 g/mol. The maximum Gasteiger partial charge on any atom is 0.328 e. The zero-order chi connectivity index (χ0) is 57.6. The molecular formula is C55H68N10O14. The molecule has 1 fully saturated rings. The quantitative estimate of drug-likeness (QED) is 0.0273. The van der Waals surface area contributed by atoms with Crippen molar-refractivity contribution in [2.75, 3.05) is 19.7 Å². The number of benzene rings is 4. The number of aliphatic carboxylic acids is 1. The van der Waals surface area contributed by atoms with Crippen molar-refractivity contribution in [3.63, 3.8) is 0 Å². The van der Waals surface area contributed by atoms with Gasteiger partial charge in [-0.2, -0.15) is 0 Å². The molecule has 0 aliphatic carbocycles. The van der Waals surface area contributed by atoms with E-state index in [9.17, 15) is 68.4 Å². The molecule has 1 heterocycles. The first-order valence-corrected chi connectivity index (χ1v) is 25.6. The maximum atomic E-state index is 14.8. The van der Waals surface area contributed by atoms with Crippen LogP contribution in [0.1, 0.15) is 54.9 Å². The molecule has 0 bridgehead atoms. The standard InChI is InChI=1S/C55H68N10O14/c1-32(67)47(55(78)79)64-51(74)41(28-35-16-9-4-10-17-35)62-53(76)44-18-11-25-65(44)54(77)42(29-36-19-21-37(68)22-20-36)63-50(73)40(27-34-14-7-3-8-15-34)61-52(75)43(31-66)59-46(70)30-58-49(72)39(23-24-45(57)69)60-48(71)38(56)26-33-12-5-2-6-13-33/h2-10,12-17,19-22,32,38-44,47,66-68H,11,18,23-31,56H2,1H3,(H2,57,69)(H,58,72)(H,59,70)(H,60,71)(H,61,75)(H,62,76)(H,63,73)(H,64,74)(H,78,79)/t32-,38+,39+,40+,41+,42+,43+,44+,47+/m1/s1. The van der Waals surface area contributed by atoms with Crippen molar-refractivity contribution in [3.05, 3.63) is 138 Å². The summed E-state index contributed by atoms with van der Waals surface area (Å²) < 4.78 is 0. The van der Waals surface area contributed by atoms with Gasteiger partial charge < -0.3 is 74.0 Å². The highest BCUT2D eigenvalue weighted by molar-refractivity contribution is 5.98. The Morgan fingerprint density at radius 3 is 1.61 bits per heavy atom. The minimum atomic E-state index is -1.71. The molecule has 24 heteroatoms. The van der Waals surface area contributed by atoms with Crippen molar-refractivity contribution in [3.8, 4) is 5.75 Å². The van der Waals surface area contributed by atoms with Crippen LogP contribution in [0.4, 0.5) is 0 Å². The van der Waals surface area contributed by atoms with E-state index in [-0.39, 0.29) is 57.2 Å². The van der Waals surface area contributed by atoms with E-state index in [2.05, 4.69) is 37.2 Å². The van der Waals surface area contributed by atoms with Crippen LogP contribution >= 0.6 is 0 Å². The normalized spacial score (nSPS) is 15.9. The fourth-order valence-corrected chi connectivity index (χ4v) is 8.67. The molecule has 15 N–H and O–H groups in total. The van der Waals surface area contributed by atoms with Gasteiger partial charge in [0.1, 0.15) is 42.0 Å². The lowest BCUT2D eigenvalue weighted by atomic mass is 10.0. The molecule has 9 amide bonds. The van der Waals surface area contributed by atoms with Gasteiger partial charge in [0, 0.05) is 32.2 Å². The van der Waals surface area contributed by atoms with Crippen molar-refractivity contribution in [1.29, 1.82) is 0 Å². The van der Waals surface area contributed by atoms with Crippen LogP contribution in [0.25, 0.3) is 0 Å². The third kappa shape index (κ3) is 19.3. The number of hydrogen-bond donors (Lipinski definition) is 13. The Bertz CT molecular complexity index is 2740. The van der Waals surface area contributed by atoms with Gasteiger partial charge >= 0.3 is 5.97 Å². The van der Waals surface area contributed by atoms with Crippen LogP contribution in [-0.2, 0) is 73.6 Å². The SMILES string of the molecule is C[C@@H](O)[C@H](NC(=O)[C@H](Cc1ccccc1)NC(=O)[C@@H]1CCCN1C(=O)[C@H](Cc1ccc(O)cc1)NC(=O)[C@H](Cc1ccccc1)NC(=O)[C@H](CO)NC(=O)CNC(=O)[C@H](CCC(N)=O)NC(=O)[C@@H](N)Cc1ccccc1)C(=O)O. The van der Waals surface area contributed by atoms with Gasteiger partial charge in [-0.15, -0.1) is 0 Å². The number of phenolic OH excluding ortho intramolecular Hbond substituents is 1. The first kappa shape index (κ1) is 61.1. The van der Waals surface area contributed by atoms with E-state index < -0.39 is 127 Å². The molecule has 0 unspecified atom stereocenters. The number of aliphatic hydroxyl groups excluding tert-OH is 2. The summed E-state index contributed by atoms with van der Waals surface area (Å²) in [5.74, 6) is -9.31. The second-order valence-electron chi connectivity index (χ2n) is 19.1. The maximum absolute atomic E-state index is 14.8. The molecule has 0 spiro atoms. The number of carboxylic acid groups (broad SMARTS) is 1. The molecule has 4 aromatic carbocycles. The first-order chi connectivity index (χ1) is 37.7. The number of carboxylic acids is 1. The predicted molar refractivity (Wildman–Crippen MR) is 284 cm³/mol. The number of amides is 9. The van der Waals surface area contributed by atoms with Crippen LogP contribution in [-0.4, -0.2) is 159 Å². The van der Waals surface area contributed by atoms with Gasteiger partial charge in [0.25, 0.3) is 0 Å². The smallest absolute Gasteiger partial charge is 0.328 e. The molecule has 0 saturated carbocycles. The van der Waals surface area contributed by atoms with Gasteiger partial charge in [-0.05, 0) is 67.0 Å². The average Bonchev–Trinajstić information content (AvgIpc) is 3.94. The molecule has 79 heavy (non-hydrogen) atoms. The largest absolute Gasteiger partial charge is 0.508 e. The number of likely N-dealkylation sites (tertiary alicyclic amines) is 1. The van der Waals surface area contributed by atoms with E-state index in [4.69, 9.17) is 11.5 Å². The Kier molecular flexibility index (Phi) is 23.4. The second kappa shape index (κ2) is 30.3. The minimum Gasteiger partial charge on any atom is -0.508 e. The van der Waals surface area contributed by atoms with E-state index in [0.29, 0.717) is 23.1 Å². The van der Waals surface area contributed by atoms with Crippen molar-refractivity contribution in [1.82, 2.24) is 42.1 Å². The molecule has 4 aromatic rings. The van der Waals surface area contributed by atoms with Crippen LogP contribution < -0.4 is 48.7 Å². The fourth-order valence-electron chi connectivity index (χ4n) is 8.67. The zero-order valence-electron chi connectivity index (χ0n) is 43.4. The highest BCUT2D eigenvalue weighted by atomic mass is 16.4. The van der Waals surface area contributed by atoms with Crippen LogP contribution in [0, 0.1) is 0 Å². The molecule has 0 radical (unpaired) electrons. The lowest BCUT2D eigenvalue weighted by molar-refractivity contribution is -0.145. The number of aromatic hydroxyl groups is 1. The van der Waals surface area contributed by atoms with Gasteiger partial charge in [-0.3, -0.25) is 43.2 Å². The van der Waals surface area contributed by atoms with Crippen LogP contribution in [0.2, 0.25) is 0 Å². The number of nitrogens with zero attached hydrogens (tertiary/aromatic N) is 1. The third-order valence-electron chi connectivity index (χ3n) is 12.9. The molecule has 0 aromatic heterocycles. The lowest BCUT2D eigenvalue weighted by Gasteiger charge is -2.31. The zero-order valence-corrected chi connectivity index (χ0v) is 43.4. The van der Waals surface area contributed by atoms with Crippen molar-refractivity contribution < 1.29 is 68.4 Å². The molecule has 422 valence electrons. The Morgan fingerprint density at radius 1 is 0.595 bits per heavy atom. The van der Waals surface area contributed by atoms with Crippen LogP contribution in [0.15, 0.2) is 115 Å². The summed E-state index contributed by atoms with van der Waals surface area (Å²) in [7, 11) is 0. The number of rotatable bonds is 29. The number of nitrogens with one attached hydrogen (secondary N) is 7. The Morgan fingerprint density at radius 2 is 1.08 bits per heavy atom. The lowest BCUT2D eigenvalue weighted by Crippen LogP contribution is -2.60. The van der Waals surface area contributed by atoms with E-state index in [1.807, 2.05) is 0 Å². The minimum absolute atomic E-state index is 0.0334. The van der Waals surface area contributed by atoms with Crippen molar-refractivity contribution >= 4 is 59.1 Å². The molecule has 24 nitrogen and oxygen atoms in total. The molecule has 1 aliphatic rings. The summed E-state index contributed by atoms with van der Waals surface area (Å²) in [6, 6.07) is 20.2. The predicted octanol–water partition coefficient (Wildman–Crippen LogP) is -2.27. The molecule has 5 rings (SSSR count). The Labute approximate surface area is 455 Å². The molecular weight excluding hydrogens is 1020 g/mol. The van der Waals surface area contributed by atoms with Gasteiger partial charge in [-0.25, -0.2) is 4.79 Å². The number of carbonyl (C=O) groups is 10. The van der Waals surface area contributed by atoms with E-state index in [1.54, 1.807) is 91.0 Å². The highest BCUT2D eigenvalue weighted by Crippen LogP contribution is 2.22. The van der Waals surface area contributed by atoms with E-state index in [1.165, 1.54) is 36.1 Å². The number of primary amides is 1. The summed E-state index contributed by atoms with van der Waals surface area (Å²) in [6.07, 6.45) is -1.93. The number of nitrogens with two attached hydrogens (primary N) is 2. The van der Waals surface area contributed by atoms with Gasteiger partial charge in [0.15, 0.2) is 6.04 Å². The highest BCUT2D eigenvalue weighted by Gasteiger charge is 2.41. The summed E-state index contributed by atoms with van der Waals surface area (Å²) in [6.45, 7) is -0.551. The number of carbonyl (C=O) groups excluding carboxylic acids is 9. The second-order valence-corrected chi connectivity index (χ2v) is 19.1. The third-order valence-corrected chi connectivity index (χ3v) is 12.9. The van der Waals surface area contributed by atoms with Crippen molar-refractivity contribution in [2.24, 2.45) is 11.5 Å². The summed E-state index contributed by atoms with van der Waals surface area (Å²) in [5.41, 5.74) is 13.8. The summed E-state index contributed by atoms with van der Waals surface area (Å²) in [5, 5.41) is 57.4. The fraction of sp³-hybridized carbons (Fsp3) is 0.382. The Balaban J connectivity index is 1.31. The molecule has 9 atom stereocenters. The van der Waals surface area contributed by atoms with Crippen LogP contribution in [0.3, 0.4) is 0 Å². The van der Waals surface area contributed by atoms with E-state index in [0.717, 1.165) is 5.56 Å². The summed E-state index contributed by atoms with van der Waals surface area (Å²) >= 11 is 0. The molecule has 1 saturated heterocycles. The summed E-state index contributed by atoms with van der Waals surface area (Å²) in [4.78, 5) is 135. The first-order valence-electron chi connectivity index (χ1n) is 25.6. The molecule has 1 aliphatic heterocycles. The number of aliphatic hydroxyl groups is 2. The van der Waals surface area contributed by atoms with Gasteiger partial charge in [0.2, 0.25) is 53.2 Å². The van der Waals surface area contributed by atoms with Crippen LogP contribution in [0.5, 0.6) is 5.75 Å². The van der Waals surface area contributed by atoms with Crippen molar-refractivity contribution in [2.45, 2.75) is 113 Å². The number of phenols is 1. The van der Waals surface area contributed by atoms with Gasteiger partial charge in [0.05, 0.1) is 25.3 Å². The van der Waals surface area contributed by atoms with Gasteiger partial charge in [-0.1, -0.05) is 103 Å².